The SMILES string of the molecule is Cc1ccc(SCCNC(=O)Cc2ccc(S(=O)(=O)N3CCCCC3)cc2)cc1. The van der Waals surface area contributed by atoms with Crippen molar-refractivity contribution in [1.82, 2.24) is 9.62 Å². The van der Waals surface area contributed by atoms with Crippen molar-refractivity contribution in [2.45, 2.75) is 42.4 Å². The van der Waals surface area contributed by atoms with E-state index in [0.29, 0.717) is 24.5 Å². The summed E-state index contributed by atoms with van der Waals surface area (Å²) < 4.78 is 26.9. The average Bonchev–Trinajstić information content (AvgIpc) is 2.73. The molecule has 1 N–H and O–H groups in total. The van der Waals surface area contributed by atoms with Gasteiger partial charge in [0.2, 0.25) is 15.9 Å². The van der Waals surface area contributed by atoms with Crippen LogP contribution in [0, 0.1) is 6.92 Å². The van der Waals surface area contributed by atoms with Gasteiger partial charge < -0.3 is 5.32 Å². The normalized spacial score (nSPS) is 15.2. The number of rotatable bonds is 8. The minimum absolute atomic E-state index is 0.0545. The molecule has 3 rings (SSSR count). The average molecular weight is 433 g/mol. The number of aryl methyl sites for hydroxylation is 1. The van der Waals surface area contributed by atoms with E-state index in [4.69, 9.17) is 0 Å². The van der Waals surface area contributed by atoms with Gasteiger partial charge in [-0.3, -0.25) is 4.79 Å². The molecule has 0 spiro atoms. The van der Waals surface area contributed by atoms with Crippen molar-refractivity contribution in [3.05, 3.63) is 59.7 Å². The van der Waals surface area contributed by atoms with Gasteiger partial charge in [0.05, 0.1) is 11.3 Å². The van der Waals surface area contributed by atoms with Crippen LogP contribution in [0.5, 0.6) is 0 Å². The van der Waals surface area contributed by atoms with E-state index in [-0.39, 0.29) is 12.3 Å². The van der Waals surface area contributed by atoms with E-state index in [1.165, 1.54) is 10.5 Å². The smallest absolute Gasteiger partial charge is 0.243 e. The summed E-state index contributed by atoms with van der Waals surface area (Å²) in [7, 11) is -3.42. The van der Waals surface area contributed by atoms with Crippen LogP contribution in [-0.4, -0.2) is 44.0 Å². The van der Waals surface area contributed by atoms with Crippen molar-refractivity contribution in [2.75, 3.05) is 25.4 Å². The van der Waals surface area contributed by atoms with Crippen LogP contribution in [0.15, 0.2) is 58.3 Å². The van der Waals surface area contributed by atoms with E-state index < -0.39 is 10.0 Å². The molecule has 2 aromatic carbocycles. The predicted octanol–water partition coefficient (Wildman–Crippen LogP) is 3.62. The minimum Gasteiger partial charge on any atom is -0.355 e. The standard InChI is InChI=1S/C22H28N2O3S2/c1-18-5-9-20(10-6-18)28-16-13-23-22(25)17-19-7-11-21(12-8-19)29(26,27)24-14-3-2-4-15-24/h5-12H,2-4,13-17H2,1H3,(H,23,25). The fraction of sp³-hybridized carbons (Fsp3) is 0.409. The van der Waals surface area contributed by atoms with Gasteiger partial charge in [-0.15, -0.1) is 11.8 Å². The van der Waals surface area contributed by atoms with Gasteiger partial charge in [0.15, 0.2) is 0 Å². The predicted molar refractivity (Wildman–Crippen MR) is 118 cm³/mol. The number of carbonyl (C=O) groups is 1. The van der Waals surface area contributed by atoms with Gasteiger partial charge in [0.1, 0.15) is 0 Å². The first-order valence-corrected chi connectivity index (χ1v) is 12.4. The van der Waals surface area contributed by atoms with Crippen molar-refractivity contribution >= 4 is 27.7 Å². The number of hydrogen-bond donors (Lipinski definition) is 1. The molecule has 1 aliphatic heterocycles. The molecule has 0 atom stereocenters. The van der Waals surface area contributed by atoms with Crippen LogP contribution in [0.25, 0.3) is 0 Å². The molecule has 0 aliphatic carbocycles. The lowest BCUT2D eigenvalue weighted by Crippen LogP contribution is -2.35. The summed E-state index contributed by atoms with van der Waals surface area (Å²) in [6, 6.07) is 15.0. The lowest BCUT2D eigenvalue weighted by Gasteiger charge is -2.25. The number of nitrogens with zero attached hydrogens (tertiary/aromatic N) is 1. The molecule has 1 fully saturated rings. The largest absolute Gasteiger partial charge is 0.355 e. The van der Waals surface area contributed by atoms with E-state index in [2.05, 4.69) is 36.5 Å². The lowest BCUT2D eigenvalue weighted by molar-refractivity contribution is -0.120. The zero-order valence-corrected chi connectivity index (χ0v) is 18.4. The first kappa shape index (κ1) is 21.9. The number of nitrogens with one attached hydrogen (secondary N) is 1. The maximum atomic E-state index is 12.7. The molecule has 0 bridgehead atoms. The zero-order valence-electron chi connectivity index (χ0n) is 16.8. The van der Waals surface area contributed by atoms with Gasteiger partial charge in [0, 0.05) is 30.3 Å². The van der Waals surface area contributed by atoms with E-state index in [1.807, 2.05) is 0 Å². The monoisotopic (exact) mass is 432 g/mol. The molecule has 1 saturated heterocycles. The summed E-state index contributed by atoms with van der Waals surface area (Å²) in [5.41, 5.74) is 2.05. The van der Waals surface area contributed by atoms with Crippen molar-refractivity contribution < 1.29 is 13.2 Å². The Morgan fingerprint density at radius 1 is 1.00 bits per heavy atom. The molecule has 156 valence electrons. The van der Waals surface area contributed by atoms with Gasteiger partial charge in [-0.05, 0) is 49.6 Å². The number of thioether (sulfide) groups is 1. The maximum Gasteiger partial charge on any atom is 0.243 e. The highest BCUT2D eigenvalue weighted by molar-refractivity contribution is 7.99. The molecular formula is C22H28N2O3S2. The number of sulfonamides is 1. The van der Waals surface area contributed by atoms with Crippen LogP contribution in [0.2, 0.25) is 0 Å². The van der Waals surface area contributed by atoms with Gasteiger partial charge in [0.25, 0.3) is 0 Å². The van der Waals surface area contributed by atoms with Crippen molar-refractivity contribution in [2.24, 2.45) is 0 Å². The second kappa shape index (κ2) is 10.3. The first-order chi connectivity index (χ1) is 13.9. The third-order valence-corrected chi connectivity index (χ3v) is 7.88. The second-order valence-corrected chi connectivity index (χ2v) is 10.4. The first-order valence-electron chi connectivity index (χ1n) is 10.0. The molecule has 7 heteroatoms. The van der Waals surface area contributed by atoms with E-state index in [0.717, 1.165) is 30.6 Å². The highest BCUT2D eigenvalue weighted by Crippen LogP contribution is 2.21. The van der Waals surface area contributed by atoms with Gasteiger partial charge in [-0.2, -0.15) is 4.31 Å². The van der Waals surface area contributed by atoms with Gasteiger partial charge in [-0.1, -0.05) is 36.2 Å². The van der Waals surface area contributed by atoms with Crippen LogP contribution in [-0.2, 0) is 21.2 Å². The molecule has 0 aromatic heterocycles. The summed E-state index contributed by atoms with van der Waals surface area (Å²) in [6.45, 7) is 3.84. The van der Waals surface area contributed by atoms with Crippen LogP contribution >= 0.6 is 11.8 Å². The fourth-order valence-electron chi connectivity index (χ4n) is 3.28. The van der Waals surface area contributed by atoms with Crippen LogP contribution < -0.4 is 5.32 Å². The number of carbonyl (C=O) groups excluding carboxylic acids is 1. The Morgan fingerprint density at radius 2 is 1.66 bits per heavy atom. The van der Waals surface area contributed by atoms with E-state index >= 15 is 0 Å². The Labute approximate surface area is 177 Å². The summed E-state index contributed by atoms with van der Waals surface area (Å²) in [5.74, 6) is 0.753. The van der Waals surface area contributed by atoms with Crippen LogP contribution in [0.1, 0.15) is 30.4 Å². The quantitative estimate of drug-likeness (QED) is 0.511. The van der Waals surface area contributed by atoms with Crippen LogP contribution in [0.4, 0.5) is 0 Å². The highest BCUT2D eigenvalue weighted by atomic mass is 32.2. The van der Waals surface area contributed by atoms with Gasteiger partial charge in [-0.25, -0.2) is 8.42 Å². The molecule has 2 aromatic rings. The molecule has 29 heavy (non-hydrogen) atoms. The fourth-order valence-corrected chi connectivity index (χ4v) is 5.56. The summed E-state index contributed by atoms with van der Waals surface area (Å²) in [4.78, 5) is 13.6. The molecule has 1 amide bonds. The van der Waals surface area contributed by atoms with Crippen molar-refractivity contribution in [1.29, 1.82) is 0 Å². The van der Waals surface area contributed by atoms with Crippen molar-refractivity contribution in [3.63, 3.8) is 0 Å². The molecule has 0 saturated carbocycles. The Balaban J connectivity index is 1.45. The third kappa shape index (κ3) is 6.32. The molecule has 1 heterocycles. The summed E-state index contributed by atoms with van der Waals surface area (Å²) in [5, 5.41) is 2.92. The minimum atomic E-state index is -3.42. The van der Waals surface area contributed by atoms with Crippen LogP contribution in [0.3, 0.4) is 0 Å². The summed E-state index contributed by atoms with van der Waals surface area (Å²) >= 11 is 1.71. The maximum absolute atomic E-state index is 12.7. The Hall–Kier alpha value is -1.83. The molecule has 1 aliphatic rings. The number of hydrogen-bond acceptors (Lipinski definition) is 4. The third-order valence-electron chi connectivity index (χ3n) is 4.95. The molecule has 5 nitrogen and oxygen atoms in total. The Kier molecular flexibility index (Phi) is 7.75. The topological polar surface area (TPSA) is 66.5 Å². The number of amides is 1. The lowest BCUT2D eigenvalue weighted by atomic mass is 10.1. The molecular weight excluding hydrogens is 404 g/mol. The van der Waals surface area contributed by atoms with E-state index in [1.54, 1.807) is 40.3 Å². The Bertz CT molecular complexity index is 904. The second-order valence-electron chi connectivity index (χ2n) is 7.30. The zero-order chi connectivity index (χ0) is 20.7. The van der Waals surface area contributed by atoms with E-state index in [9.17, 15) is 13.2 Å². The molecule has 0 unspecified atom stereocenters. The molecule has 0 radical (unpaired) electrons. The number of piperidine rings is 1. The summed E-state index contributed by atoms with van der Waals surface area (Å²) in [6.07, 6.45) is 3.17. The van der Waals surface area contributed by atoms with Crippen molar-refractivity contribution in [3.8, 4) is 0 Å². The highest BCUT2D eigenvalue weighted by Gasteiger charge is 2.25. The number of benzene rings is 2. The Morgan fingerprint density at radius 3 is 2.31 bits per heavy atom. The van der Waals surface area contributed by atoms with Gasteiger partial charge >= 0.3 is 0 Å².